The lowest BCUT2D eigenvalue weighted by Crippen LogP contribution is -2.63. The maximum atomic E-state index is 13.2. The smallest absolute Gasteiger partial charge is 0.294 e. The summed E-state index contributed by atoms with van der Waals surface area (Å²) in [5.74, 6) is -0.680. The van der Waals surface area contributed by atoms with Gasteiger partial charge >= 0.3 is 15.6 Å². The number of piperidine rings is 1. The van der Waals surface area contributed by atoms with Crippen molar-refractivity contribution in [3.63, 3.8) is 0 Å². The highest BCUT2D eigenvalue weighted by Gasteiger charge is 2.57. The number of likely N-dealkylation sites (tertiary alicyclic amines) is 1. The first-order valence-electron chi connectivity index (χ1n) is 10.5. The maximum Gasteiger partial charge on any atom is 0.528 e. The third kappa shape index (κ3) is 5.69. The lowest BCUT2D eigenvalue weighted by atomic mass is 9.88. The third-order valence-electron chi connectivity index (χ3n) is 6.10. The Morgan fingerprint density at radius 2 is 1.27 bits per heavy atom. The molecule has 3 rings (SSSR count). The van der Waals surface area contributed by atoms with Gasteiger partial charge in [-0.05, 0) is 6.42 Å². The fraction of sp³-hybridized carbons (Fsp3) is 0.391. The van der Waals surface area contributed by atoms with Crippen molar-refractivity contribution in [2.45, 2.75) is 49.7 Å². The van der Waals surface area contributed by atoms with Gasteiger partial charge in [-0.15, -0.1) is 0 Å². The van der Waals surface area contributed by atoms with Gasteiger partial charge in [0.1, 0.15) is 19.1 Å². The van der Waals surface area contributed by atoms with E-state index >= 15 is 0 Å². The first-order valence-corrected chi connectivity index (χ1v) is 11.9. The van der Waals surface area contributed by atoms with Crippen molar-refractivity contribution in [1.29, 1.82) is 0 Å². The third-order valence-corrected chi connectivity index (χ3v) is 7.18. The second-order valence-electron chi connectivity index (χ2n) is 8.26. The van der Waals surface area contributed by atoms with E-state index in [4.69, 9.17) is 4.28 Å². The fourth-order valence-electron chi connectivity index (χ4n) is 4.25. The van der Waals surface area contributed by atoms with Gasteiger partial charge in [0.15, 0.2) is 11.6 Å². The van der Waals surface area contributed by atoms with Gasteiger partial charge in [0.2, 0.25) is 0 Å². The molecule has 178 valence electrons. The molecule has 2 aromatic carbocycles. The Labute approximate surface area is 190 Å². The Balaban J connectivity index is 1.93. The summed E-state index contributed by atoms with van der Waals surface area (Å²) in [6, 6.07) is 14.7. The van der Waals surface area contributed by atoms with Gasteiger partial charge in [0, 0.05) is 24.0 Å². The lowest BCUT2D eigenvalue weighted by molar-refractivity contribution is -1.11. The summed E-state index contributed by atoms with van der Waals surface area (Å²) in [6.07, 6.45) is 0.632. The molecule has 0 saturated carbocycles. The molecule has 0 N–H and O–H groups in total. The fourth-order valence-corrected chi connectivity index (χ4v) is 5.00. The minimum atomic E-state index is -5.97. The van der Waals surface area contributed by atoms with E-state index in [-0.39, 0.29) is 37.2 Å². The van der Waals surface area contributed by atoms with Crippen molar-refractivity contribution >= 4 is 21.7 Å². The number of halogens is 3. The van der Waals surface area contributed by atoms with Crippen molar-refractivity contribution in [3.8, 4) is 0 Å². The van der Waals surface area contributed by atoms with Crippen LogP contribution in [0, 0.1) is 0 Å². The highest BCUT2D eigenvalue weighted by Crippen LogP contribution is 2.39. The first-order chi connectivity index (χ1) is 15.4. The Morgan fingerprint density at radius 1 is 0.879 bits per heavy atom. The molecule has 1 fully saturated rings. The molecule has 6 nitrogen and oxygen atoms in total. The standard InChI is InChI=1S/C23H25F3NO5S/c1-27(32-33(30,31)23(24,25)26)19(15-21(28)17-9-4-2-5-10-17)13-8-14-20(27)16-22(29)18-11-6-3-7-12-18/h2-7,9-12,19-20H,8,13-16H2,1H3/q+1. The number of benzene rings is 2. The summed E-state index contributed by atoms with van der Waals surface area (Å²) in [7, 11) is -4.76. The molecule has 1 aliphatic heterocycles. The second-order valence-corrected chi connectivity index (χ2v) is 9.78. The van der Waals surface area contributed by atoms with E-state index in [0.29, 0.717) is 17.5 Å². The average Bonchev–Trinajstić information content (AvgIpc) is 2.76. The molecular weight excluding hydrogens is 459 g/mol. The zero-order valence-electron chi connectivity index (χ0n) is 18.0. The van der Waals surface area contributed by atoms with Crippen molar-refractivity contribution in [1.82, 2.24) is 0 Å². The quantitative estimate of drug-likeness (QED) is 0.309. The van der Waals surface area contributed by atoms with E-state index < -0.39 is 32.4 Å². The maximum absolute atomic E-state index is 13.2. The van der Waals surface area contributed by atoms with Crippen LogP contribution in [0.3, 0.4) is 0 Å². The molecule has 0 amide bonds. The minimum Gasteiger partial charge on any atom is -0.294 e. The number of quaternary nitrogens is 1. The van der Waals surface area contributed by atoms with Crippen LogP contribution in [0.25, 0.3) is 0 Å². The van der Waals surface area contributed by atoms with Gasteiger partial charge < -0.3 is 0 Å². The van der Waals surface area contributed by atoms with Crippen LogP contribution < -0.4 is 0 Å². The molecule has 1 aliphatic rings. The van der Waals surface area contributed by atoms with Crippen LogP contribution in [0.1, 0.15) is 52.8 Å². The summed E-state index contributed by atoms with van der Waals surface area (Å²) >= 11 is 0. The van der Waals surface area contributed by atoms with E-state index in [1.165, 1.54) is 7.05 Å². The summed E-state index contributed by atoms with van der Waals surface area (Å²) in [5.41, 5.74) is -4.90. The molecule has 1 saturated heterocycles. The average molecular weight is 485 g/mol. The predicted octanol–water partition coefficient (Wildman–Crippen LogP) is 4.68. The molecule has 2 aromatic rings. The van der Waals surface area contributed by atoms with Gasteiger partial charge in [-0.3, -0.25) is 9.59 Å². The molecule has 2 unspecified atom stereocenters. The Hall–Kier alpha value is -2.56. The van der Waals surface area contributed by atoms with Crippen LogP contribution in [0.15, 0.2) is 60.7 Å². The number of Topliss-reactive ketones (excluding diaryl/α,β-unsaturated/α-hetero) is 2. The predicted molar refractivity (Wildman–Crippen MR) is 114 cm³/mol. The molecule has 0 spiro atoms. The summed E-state index contributed by atoms with van der Waals surface area (Å²) < 4.78 is 67.4. The van der Waals surface area contributed by atoms with Gasteiger partial charge in [-0.1, -0.05) is 64.9 Å². The summed E-state index contributed by atoms with van der Waals surface area (Å²) in [4.78, 5) is 25.6. The number of rotatable bonds is 8. The monoisotopic (exact) mass is 484 g/mol. The number of carbonyl (C=O) groups is 2. The van der Waals surface area contributed by atoms with Gasteiger partial charge in [0.05, 0.1) is 12.8 Å². The van der Waals surface area contributed by atoms with Crippen LogP contribution >= 0.6 is 0 Å². The number of hydrogen-bond donors (Lipinski definition) is 0. The summed E-state index contributed by atoms with van der Waals surface area (Å²) in [5, 5.41) is 0. The van der Waals surface area contributed by atoms with Gasteiger partial charge in [-0.2, -0.15) is 26.2 Å². The highest BCUT2D eigenvalue weighted by atomic mass is 32.2. The van der Waals surface area contributed by atoms with Crippen LogP contribution in [-0.2, 0) is 14.4 Å². The number of ketones is 2. The van der Waals surface area contributed by atoms with Crippen molar-refractivity contribution in [2.24, 2.45) is 0 Å². The largest absolute Gasteiger partial charge is 0.528 e. The number of carbonyl (C=O) groups excluding carboxylic acids is 2. The minimum absolute atomic E-state index is 0.218. The van der Waals surface area contributed by atoms with E-state index in [1.807, 2.05) is 0 Å². The van der Waals surface area contributed by atoms with E-state index in [1.54, 1.807) is 60.7 Å². The van der Waals surface area contributed by atoms with Crippen LogP contribution in [0.4, 0.5) is 13.2 Å². The van der Waals surface area contributed by atoms with Crippen LogP contribution in [0.5, 0.6) is 0 Å². The Kier molecular flexibility index (Phi) is 7.40. The van der Waals surface area contributed by atoms with Gasteiger partial charge in [0.25, 0.3) is 0 Å². The molecule has 0 bridgehead atoms. The van der Waals surface area contributed by atoms with Gasteiger partial charge in [-0.25, -0.2) is 0 Å². The molecule has 10 heteroatoms. The molecule has 0 aliphatic carbocycles. The number of nitrogens with zero attached hydrogens (tertiary/aromatic N) is 1. The number of hydroxylamine groups is 3. The van der Waals surface area contributed by atoms with Crippen molar-refractivity contribution in [3.05, 3.63) is 71.8 Å². The topological polar surface area (TPSA) is 77.5 Å². The van der Waals surface area contributed by atoms with Crippen LogP contribution in [0.2, 0.25) is 0 Å². The van der Waals surface area contributed by atoms with E-state index in [0.717, 1.165) is 0 Å². The van der Waals surface area contributed by atoms with Crippen molar-refractivity contribution in [2.75, 3.05) is 7.05 Å². The summed E-state index contributed by atoms with van der Waals surface area (Å²) in [6.45, 7) is 0. The number of hydrogen-bond acceptors (Lipinski definition) is 5. The molecule has 1 heterocycles. The molecule has 0 radical (unpaired) electrons. The van der Waals surface area contributed by atoms with E-state index in [2.05, 4.69) is 0 Å². The first kappa shape index (κ1) is 25.1. The SMILES string of the molecule is C[N+]1(OS(=O)(=O)C(F)(F)F)C(CC(=O)c2ccccc2)CCCC1CC(=O)c1ccccc1. The Morgan fingerprint density at radius 3 is 1.64 bits per heavy atom. The normalized spacial score (nSPS) is 23.8. The van der Waals surface area contributed by atoms with E-state index in [9.17, 15) is 31.2 Å². The lowest BCUT2D eigenvalue weighted by Gasteiger charge is -2.45. The molecule has 33 heavy (non-hydrogen) atoms. The van der Waals surface area contributed by atoms with Crippen molar-refractivity contribution < 1.29 is 40.1 Å². The zero-order valence-corrected chi connectivity index (χ0v) is 18.8. The molecular formula is C23H25F3NO5S+. The Bertz CT molecular complexity index is 1030. The second kappa shape index (κ2) is 9.74. The molecule has 2 atom stereocenters. The van der Waals surface area contributed by atoms with Crippen LogP contribution in [-0.4, -0.2) is 49.3 Å². The molecule has 0 aromatic heterocycles. The number of alkyl halides is 3. The highest BCUT2D eigenvalue weighted by molar-refractivity contribution is 7.87. The zero-order chi connectivity index (χ0) is 24.3.